The van der Waals surface area contributed by atoms with Gasteiger partial charge in [0.1, 0.15) is 19.0 Å². The molecule has 1 saturated heterocycles. The van der Waals surface area contributed by atoms with Crippen LogP contribution in [0.4, 0.5) is 0 Å². The van der Waals surface area contributed by atoms with Gasteiger partial charge in [-0.2, -0.15) is 0 Å². The second-order valence-corrected chi connectivity index (χ2v) is 10.2. The summed E-state index contributed by atoms with van der Waals surface area (Å²) in [5, 5.41) is 0.748. The first kappa shape index (κ1) is 24.7. The molecule has 5 rings (SSSR count). The molecule has 0 spiro atoms. The fraction of sp³-hybridized carbons (Fsp3) is 0.367. The van der Waals surface area contributed by atoms with Gasteiger partial charge < -0.3 is 18.9 Å². The van der Waals surface area contributed by atoms with E-state index in [-0.39, 0.29) is 18.5 Å². The molecule has 0 unspecified atom stereocenters. The zero-order valence-corrected chi connectivity index (χ0v) is 21.4. The fourth-order valence-corrected chi connectivity index (χ4v) is 5.15. The van der Waals surface area contributed by atoms with Crippen molar-refractivity contribution in [2.24, 2.45) is 11.8 Å². The highest BCUT2D eigenvalue weighted by Crippen LogP contribution is 2.44. The number of benzene rings is 3. The van der Waals surface area contributed by atoms with E-state index in [4.69, 9.17) is 30.5 Å². The molecule has 0 N–H and O–H groups in total. The number of halogens is 1. The molecule has 6 heteroatoms. The summed E-state index contributed by atoms with van der Waals surface area (Å²) < 4.78 is 23.5. The SMILES string of the molecule is CC(C)[C@@H]1C[C@H](c2ccc(Cl)cc2)CO[C@H]1c1cccc(OCC(=O)c2ccc3c(c2)OCCO3)c1. The van der Waals surface area contributed by atoms with E-state index in [2.05, 4.69) is 32.0 Å². The molecule has 2 heterocycles. The van der Waals surface area contributed by atoms with Crippen LogP contribution in [0.1, 0.15) is 53.8 Å². The van der Waals surface area contributed by atoms with E-state index >= 15 is 0 Å². The minimum atomic E-state index is -0.114. The maximum atomic E-state index is 12.8. The molecule has 36 heavy (non-hydrogen) atoms. The van der Waals surface area contributed by atoms with E-state index in [1.165, 1.54) is 5.56 Å². The van der Waals surface area contributed by atoms with E-state index < -0.39 is 0 Å². The van der Waals surface area contributed by atoms with Crippen molar-refractivity contribution in [1.29, 1.82) is 0 Å². The molecule has 0 radical (unpaired) electrons. The predicted octanol–water partition coefficient (Wildman–Crippen LogP) is 6.89. The van der Waals surface area contributed by atoms with Crippen LogP contribution in [0.5, 0.6) is 17.2 Å². The van der Waals surface area contributed by atoms with Crippen LogP contribution in [0.15, 0.2) is 66.7 Å². The highest BCUT2D eigenvalue weighted by atomic mass is 35.5. The number of hydrogen-bond acceptors (Lipinski definition) is 5. The smallest absolute Gasteiger partial charge is 0.200 e. The third-order valence-electron chi connectivity index (χ3n) is 7.04. The highest BCUT2D eigenvalue weighted by Gasteiger charge is 2.35. The Hall–Kier alpha value is -3.02. The highest BCUT2D eigenvalue weighted by molar-refractivity contribution is 6.30. The van der Waals surface area contributed by atoms with Crippen LogP contribution in [-0.4, -0.2) is 32.2 Å². The van der Waals surface area contributed by atoms with Gasteiger partial charge >= 0.3 is 0 Å². The number of rotatable bonds is 7. The number of carbonyl (C=O) groups is 1. The second kappa shape index (κ2) is 10.9. The number of Topliss-reactive ketones (excluding diaryl/α,β-unsaturated/α-hetero) is 1. The molecule has 0 saturated carbocycles. The van der Waals surface area contributed by atoms with E-state index in [0.717, 1.165) is 17.0 Å². The lowest BCUT2D eigenvalue weighted by Gasteiger charge is -2.39. The summed E-state index contributed by atoms with van der Waals surface area (Å²) in [6.07, 6.45) is 1.02. The Balaban J connectivity index is 1.25. The zero-order valence-electron chi connectivity index (χ0n) is 20.6. The molecular weight excluding hydrogens is 476 g/mol. The predicted molar refractivity (Wildman–Crippen MR) is 140 cm³/mol. The summed E-state index contributed by atoms with van der Waals surface area (Å²) in [5.41, 5.74) is 2.88. The Bertz CT molecular complexity index is 1210. The van der Waals surface area contributed by atoms with Gasteiger partial charge in [0.05, 0.1) is 12.7 Å². The quantitative estimate of drug-likeness (QED) is 0.326. The van der Waals surface area contributed by atoms with Gasteiger partial charge in [-0.3, -0.25) is 4.79 Å². The van der Waals surface area contributed by atoms with Gasteiger partial charge in [0.15, 0.2) is 23.9 Å². The molecule has 0 aromatic heterocycles. The van der Waals surface area contributed by atoms with Crippen molar-refractivity contribution in [3.8, 4) is 17.2 Å². The van der Waals surface area contributed by atoms with Gasteiger partial charge in [0, 0.05) is 16.5 Å². The molecule has 0 amide bonds. The summed E-state index contributed by atoms with van der Waals surface area (Å²) in [6.45, 7) is 6.10. The Kier molecular flexibility index (Phi) is 7.49. The number of fused-ring (bicyclic) bond motifs is 1. The van der Waals surface area contributed by atoms with Crippen molar-refractivity contribution in [3.63, 3.8) is 0 Å². The van der Waals surface area contributed by atoms with Crippen LogP contribution in [0.2, 0.25) is 5.02 Å². The third kappa shape index (κ3) is 5.53. The average molecular weight is 507 g/mol. The first-order valence-corrected chi connectivity index (χ1v) is 12.9. The molecular formula is C30H31ClO5. The minimum absolute atomic E-state index is 0.0226. The van der Waals surface area contributed by atoms with E-state index in [1.54, 1.807) is 18.2 Å². The molecule has 3 atom stereocenters. The van der Waals surface area contributed by atoms with Crippen LogP contribution >= 0.6 is 11.6 Å². The standard InChI is InChI=1S/C30H31ClO5/c1-19(2)26-15-23(20-6-9-24(31)10-7-20)17-36-30(26)22-4-3-5-25(14-22)35-18-27(32)21-8-11-28-29(16-21)34-13-12-33-28/h3-11,14,16,19,23,26,30H,12-13,15,17-18H2,1-2H3/t23-,26-,30-/m0/s1. The molecule has 3 aromatic rings. The summed E-state index contributed by atoms with van der Waals surface area (Å²) in [4.78, 5) is 12.8. The topological polar surface area (TPSA) is 54.0 Å². The lowest BCUT2D eigenvalue weighted by Crippen LogP contribution is -2.31. The number of carbonyl (C=O) groups excluding carboxylic acids is 1. The Morgan fingerprint density at radius 3 is 2.53 bits per heavy atom. The van der Waals surface area contributed by atoms with Crippen molar-refractivity contribution in [3.05, 3.63) is 88.4 Å². The lowest BCUT2D eigenvalue weighted by molar-refractivity contribution is -0.0552. The number of hydrogen-bond donors (Lipinski definition) is 0. The van der Waals surface area contributed by atoms with E-state index in [1.807, 2.05) is 30.3 Å². The summed E-state index contributed by atoms with van der Waals surface area (Å²) in [6, 6.07) is 21.2. The third-order valence-corrected chi connectivity index (χ3v) is 7.29. The van der Waals surface area contributed by atoms with Gasteiger partial charge in [0.2, 0.25) is 0 Å². The number of ketones is 1. The van der Waals surface area contributed by atoms with Crippen molar-refractivity contribution < 1.29 is 23.7 Å². The minimum Gasteiger partial charge on any atom is -0.486 e. The fourth-order valence-electron chi connectivity index (χ4n) is 5.03. The van der Waals surface area contributed by atoms with Gasteiger partial charge in [-0.15, -0.1) is 0 Å². The van der Waals surface area contributed by atoms with E-state index in [9.17, 15) is 4.79 Å². The number of ether oxygens (including phenoxy) is 4. The molecule has 5 nitrogen and oxygen atoms in total. The van der Waals surface area contributed by atoms with Crippen LogP contribution in [0.25, 0.3) is 0 Å². The van der Waals surface area contributed by atoms with Gasteiger partial charge in [-0.1, -0.05) is 49.7 Å². The average Bonchev–Trinajstić information content (AvgIpc) is 2.91. The Labute approximate surface area is 217 Å². The summed E-state index contributed by atoms with van der Waals surface area (Å²) in [5.74, 6) is 2.95. The molecule has 188 valence electrons. The maximum absolute atomic E-state index is 12.8. The van der Waals surface area contributed by atoms with Gasteiger partial charge in [0.25, 0.3) is 0 Å². The molecule has 1 fully saturated rings. The Morgan fingerprint density at radius 2 is 1.75 bits per heavy atom. The monoisotopic (exact) mass is 506 g/mol. The molecule has 3 aromatic carbocycles. The first-order valence-electron chi connectivity index (χ1n) is 12.5. The van der Waals surface area contributed by atoms with Crippen LogP contribution in [-0.2, 0) is 4.74 Å². The molecule has 2 aliphatic rings. The largest absolute Gasteiger partial charge is 0.486 e. The van der Waals surface area contributed by atoms with Crippen molar-refractivity contribution >= 4 is 17.4 Å². The van der Waals surface area contributed by atoms with Gasteiger partial charge in [-0.05, 0) is 71.8 Å². The lowest BCUT2D eigenvalue weighted by atomic mass is 9.76. The van der Waals surface area contributed by atoms with Gasteiger partial charge in [-0.25, -0.2) is 0 Å². The molecule has 2 aliphatic heterocycles. The first-order chi connectivity index (χ1) is 17.5. The maximum Gasteiger partial charge on any atom is 0.200 e. The van der Waals surface area contributed by atoms with Crippen molar-refractivity contribution in [2.45, 2.75) is 32.3 Å². The van der Waals surface area contributed by atoms with Crippen molar-refractivity contribution in [1.82, 2.24) is 0 Å². The normalized spacial score (nSPS) is 21.3. The van der Waals surface area contributed by atoms with E-state index in [0.29, 0.717) is 60.4 Å². The summed E-state index contributed by atoms with van der Waals surface area (Å²) in [7, 11) is 0. The van der Waals surface area contributed by atoms with Crippen LogP contribution in [0.3, 0.4) is 0 Å². The van der Waals surface area contributed by atoms with Crippen LogP contribution < -0.4 is 14.2 Å². The Morgan fingerprint density at radius 1 is 0.972 bits per heavy atom. The van der Waals surface area contributed by atoms with Crippen LogP contribution in [0, 0.1) is 11.8 Å². The second-order valence-electron chi connectivity index (χ2n) is 9.79. The summed E-state index contributed by atoms with van der Waals surface area (Å²) >= 11 is 6.08. The molecule has 0 aliphatic carbocycles. The molecule has 0 bridgehead atoms. The van der Waals surface area contributed by atoms with Crippen molar-refractivity contribution in [2.75, 3.05) is 26.4 Å². The zero-order chi connectivity index (χ0) is 25.1.